The van der Waals surface area contributed by atoms with E-state index in [0.717, 1.165) is 16.4 Å². The van der Waals surface area contributed by atoms with E-state index in [0.29, 0.717) is 22.2 Å². The summed E-state index contributed by atoms with van der Waals surface area (Å²) in [5, 5.41) is 3.97. The number of thioether (sulfide) groups is 1. The Hall–Kier alpha value is -2.64. The van der Waals surface area contributed by atoms with Crippen molar-refractivity contribution < 1.29 is 14.3 Å². The van der Waals surface area contributed by atoms with E-state index in [-0.39, 0.29) is 18.0 Å². The lowest BCUT2D eigenvalue weighted by atomic mass is 10.2. The van der Waals surface area contributed by atoms with E-state index in [9.17, 15) is 4.79 Å². The number of ether oxygens (including phenoxy) is 2. The number of benzene rings is 2. The highest BCUT2D eigenvalue weighted by molar-refractivity contribution is 8.00. The van der Waals surface area contributed by atoms with Crippen LogP contribution in [0, 0.1) is 6.92 Å². The molecule has 0 bridgehead atoms. The zero-order valence-corrected chi connectivity index (χ0v) is 16.9. The molecule has 2 heterocycles. The molecule has 0 spiro atoms. The minimum absolute atomic E-state index is 0.124. The van der Waals surface area contributed by atoms with Crippen molar-refractivity contribution in [3.05, 3.63) is 59.4 Å². The summed E-state index contributed by atoms with van der Waals surface area (Å²) in [6, 6.07) is 11.1. The SMILES string of the molecule is Cc1c(Cl)cccc1-n1ccnc1SC(C)C(=O)Nc1ccc2c(c1)OCO2. The standard InChI is InChI=1S/C20H18ClN3O3S/c1-12-15(21)4-3-5-16(12)24-9-8-22-20(24)28-13(2)19(25)23-14-6-7-17-18(10-14)27-11-26-17/h3-10,13H,11H2,1-2H3,(H,23,25). The van der Waals surface area contributed by atoms with Crippen LogP contribution in [-0.2, 0) is 4.79 Å². The maximum atomic E-state index is 12.6. The van der Waals surface area contributed by atoms with Crippen molar-refractivity contribution in [2.75, 3.05) is 12.1 Å². The van der Waals surface area contributed by atoms with E-state index in [1.807, 2.05) is 42.8 Å². The first kappa shape index (κ1) is 18.7. The summed E-state index contributed by atoms with van der Waals surface area (Å²) in [7, 11) is 0. The van der Waals surface area contributed by atoms with Crippen LogP contribution in [0.2, 0.25) is 5.02 Å². The summed E-state index contributed by atoms with van der Waals surface area (Å²) >= 11 is 7.63. The number of anilines is 1. The second-order valence-electron chi connectivity index (χ2n) is 6.28. The number of fused-ring (bicyclic) bond motifs is 1. The van der Waals surface area contributed by atoms with Crippen molar-refractivity contribution in [3.63, 3.8) is 0 Å². The molecule has 0 radical (unpaired) electrons. The highest BCUT2D eigenvalue weighted by atomic mass is 35.5. The van der Waals surface area contributed by atoms with E-state index in [1.165, 1.54) is 11.8 Å². The van der Waals surface area contributed by atoms with Crippen molar-refractivity contribution in [3.8, 4) is 17.2 Å². The summed E-state index contributed by atoms with van der Waals surface area (Å²) in [6.45, 7) is 4.00. The maximum absolute atomic E-state index is 12.6. The van der Waals surface area contributed by atoms with Crippen LogP contribution in [0.15, 0.2) is 53.9 Å². The molecule has 4 rings (SSSR count). The van der Waals surface area contributed by atoms with E-state index < -0.39 is 0 Å². The van der Waals surface area contributed by atoms with E-state index in [1.54, 1.807) is 24.4 Å². The number of carbonyl (C=O) groups is 1. The molecule has 1 aliphatic rings. The van der Waals surface area contributed by atoms with Crippen LogP contribution in [0.4, 0.5) is 5.69 Å². The molecule has 0 fully saturated rings. The summed E-state index contributed by atoms with van der Waals surface area (Å²) in [5.74, 6) is 1.19. The minimum Gasteiger partial charge on any atom is -0.454 e. The summed E-state index contributed by atoms with van der Waals surface area (Å²) in [5.41, 5.74) is 2.56. The van der Waals surface area contributed by atoms with Crippen LogP contribution in [0.25, 0.3) is 5.69 Å². The number of rotatable bonds is 5. The van der Waals surface area contributed by atoms with Gasteiger partial charge in [0.1, 0.15) is 0 Å². The molecule has 1 amide bonds. The van der Waals surface area contributed by atoms with Gasteiger partial charge in [0, 0.05) is 29.2 Å². The highest BCUT2D eigenvalue weighted by Crippen LogP contribution is 2.35. The number of nitrogens with zero attached hydrogens (tertiary/aromatic N) is 2. The molecular weight excluding hydrogens is 398 g/mol. The number of imidazole rings is 1. The Labute approximate surface area is 171 Å². The Kier molecular flexibility index (Phi) is 5.19. The van der Waals surface area contributed by atoms with E-state index >= 15 is 0 Å². The molecule has 0 aliphatic carbocycles. The average molecular weight is 416 g/mol. The monoisotopic (exact) mass is 415 g/mol. The van der Waals surface area contributed by atoms with Gasteiger partial charge in [0.05, 0.1) is 10.9 Å². The molecule has 6 nitrogen and oxygen atoms in total. The minimum atomic E-state index is -0.355. The Morgan fingerprint density at radius 3 is 2.96 bits per heavy atom. The van der Waals surface area contributed by atoms with Gasteiger partial charge in [-0.1, -0.05) is 29.4 Å². The molecule has 28 heavy (non-hydrogen) atoms. The van der Waals surface area contributed by atoms with Crippen molar-refractivity contribution in [2.45, 2.75) is 24.3 Å². The van der Waals surface area contributed by atoms with Crippen LogP contribution in [0.1, 0.15) is 12.5 Å². The number of nitrogens with one attached hydrogen (secondary N) is 1. The highest BCUT2D eigenvalue weighted by Gasteiger charge is 2.20. The molecule has 3 aromatic rings. The second kappa shape index (κ2) is 7.77. The number of halogens is 1. The fourth-order valence-electron chi connectivity index (χ4n) is 2.85. The zero-order valence-electron chi connectivity index (χ0n) is 15.3. The third kappa shape index (κ3) is 3.68. The van der Waals surface area contributed by atoms with Crippen LogP contribution in [-0.4, -0.2) is 27.5 Å². The number of carbonyl (C=O) groups excluding carboxylic acids is 1. The Morgan fingerprint density at radius 1 is 1.29 bits per heavy atom. The van der Waals surface area contributed by atoms with E-state index in [2.05, 4.69) is 10.3 Å². The Balaban J connectivity index is 1.48. The quantitative estimate of drug-likeness (QED) is 0.613. The van der Waals surface area contributed by atoms with Crippen molar-refractivity contribution in [1.29, 1.82) is 0 Å². The smallest absolute Gasteiger partial charge is 0.237 e. The third-order valence-electron chi connectivity index (χ3n) is 4.40. The predicted molar refractivity (Wildman–Crippen MR) is 110 cm³/mol. The summed E-state index contributed by atoms with van der Waals surface area (Å²) in [4.78, 5) is 17.1. The second-order valence-corrected chi connectivity index (χ2v) is 8.00. The Bertz CT molecular complexity index is 1040. The topological polar surface area (TPSA) is 65.4 Å². The fourth-order valence-corrected chi connectivity index (χ4v) is 3.89. The van der Waals surface area contributed by atoms with Crippen molar-refractivity contribution >= 4 is 35.0 Å². The fraction of sp³-hybridized carbons (Fsp3) is 0.200. The first-order valence-corrected chi connectivity index (χ1v) is 9.94. The lowest BCUT2D eigenvalue weighted by Gasteiger charge is -2.15. The summed E-state index contributed by atoms with van der Waals surface area (Å²) in [6.07, 6.45) is 3.58. The van der Waals surface area contributed by atoms with Gasteiger partial charge in [-0.15, -0.1) is 0 Å². The molecule has 2 aromatic carbocycles. The lowest BCUT2D eigenvalue weighted by molar-refractivity contribution is -0.115. The average Bonchev–Trinajstić information content (AvgIpc) is 3.33. The van der Waals surface area contributed by atoms with Gasteiger partial charge in [-0.05, 0) is 43.7 Å². The molecule has 1 aromatic heterocycles. The summed E-state index contributed by atoms with van der Waals surface area (Å²) < 4.78 is 12.6. The predicted octanol–water partition coefficient (Wildman–Crippen LogP) is 4.68. The third-order valence-corrected chi connectivity index (χ3v) is 5.89. The zero-order chi connectivity index (χ0) is 19.7. The molecule has 0 saturated heterocycles. The first-order chi connectivity index (χ1) is 13.5. The van der Waals surface area contributed by atoms with Crippen LogP contribution in [0.5, 0.6) is 11.5 Å². The van der Waals surface area contributed by atoms with Gasteiger partial charge in [0.15, 0.2) is 16.7 Å². The maximum Gasteiger partial charge on any atom is 0.237 e. The molecule has 1 aliphatic heterocycles. The molecule has 144 valence electrons. The number of hydrogen-bond acceptors (Lipinski definition) is 5. The van der Waals surface area contributed by atoms with Crippen LogP contribution >= 0.6 is 23.4 Å². The molecule has 1 atom stereocenters. The van der Waals surface area contributed by atoms with Gasteiger partial charge in [-0.2, -0.15) is 0 Å². The van der Waals surface area contributed by atoms with Gasteiger partial charge in [0.2, 0.25) is 12.7 Å². The normalized spacial score (nSPS) is 13.4. The van der Waals surface area contributed by atoms with Gasteiger partial charge < -0.3 is 14.8 Å². The number of aromatic nitrogens is 2. The molecule has 0 saturated carbocycles. The van der Waals surface area contributed by atoms with Crippen molar-refractivity contribution in [2.24, 2.45) is 0 Å². The van der Waals surface area contributed by atoms with Gasteiger partial charge in [-0.25, -0.2) is 4.98 Å². The molecule has 1 N–H and O–H groups in total. The van der Waals surface area contributed by atoms with Crippen LogP contribution in [0.3, 0.4) is 0 Å². The van der Waals surface area contributed by atoms with Crippen LogP contribution < -0.4 is 14.8 Å². The molecular formula is C20H18ClN3O3S. The number of amides is 1. The molecule has 1 unspecified atom stereocenters. The van der Waals surface area contributed by atoms with Gasteiger partial charge >= 0.3 is 0 Å². The largest absolute Gasteiger partial charge is 0.454 e. The van der Waals surface area contributed by atoms with E-state index in [4.69, 9.17) is 21.1 Å². The molecule has 8 heteroatoms. The first-order valence-electron chi connectivity index (χ1n) is 8.69. The van der Waals surface area contributed by atoms with Crippen molar-refractivity contribution in [1.82, 2.24) is 9.55 Å². The lowest BCUT2D eigenvalue weighted by Crippen LogP contribution is -2.22. The number of hydrogen-bond donors (Lipinski definition) is 1. The van der Waals surface area contributed by atoms with Gasteiger partial charge in [0.25, 0.3) is 0 Å². The Morgan fingerprint density at radius 2 is 2.11 bits per heavy atom. The van der Waals surface area contributed by atoms with Gasteiger partial charge in [-0.3, -0.25) is 9.36 Å².